The van der Waals surface area contributed by atoms with Crippen LogP contribution in [0.25, 0.3) is 0 Å². The van der Waals surface area contributed by atoms with Crippen LogP contribution in [0.15, 0.2) is 42.5 Å². The summed E-state index contributed by atoms with van der Waals surface area (Å²) in [6.07, 6.45) is 0.863. The predicted octanol–water partition coefficient (Wildman–Crippen LogP) is 2.81. The van der Waals surface area contributed by atoms with E-state index in [4.69, 9.17) is 14.2 Å². The number of nitrogens with one attached hydrogen (secondary N) is 1. The summed E-state index contributed by atoms with van der Waals surface area (Å²) in [5.74, 6) is 1.38. The molecule has 7 nitrogen and oxygen atoms in total. The molecule has 0 spiro atoms. The standard InChI is InChI=1S/C23H26N2O5/c1-3-9-24-22(26)19-13-25(12-18(19)15-5-4-6-17(10-15)28-2)23(27)16-7-8-20-21(11-16)30-14-29-20/h4-8,10-11,18-19H,3,9,12-14H2,1-2H3,(H,24,26). The number of rotatable bonds is 6. The molecule has 0 radical (unpaired) electrons. The van der Waals surface area contributed by atoms with E-state index in [0.29, 0.717) is 36.7 Å². The van der Waals surface area contributed by atoms with Crippen molar-refractivity contribution < 1.29 is 23.8 Å². The molecule has 2 aromatic carbocycles. The summed E-state index contributed by atoms with van der Waals surface area (Å²) in [5.41, 5.74) is 1.52. The molecule has 2 atom stereocenters. The summed E-state index contributed by atoms with van der Waals surface area (Å²) >= 11 is 0. The molecule has 158 valence electrons. The number of ether oxygens (including phenoxy) is 3. The van der Waals surface area contributed by atoms with E-state index in [-0.39, 0.29) is 30.4 Å². The molecular weight excluding hydrogens is 384 g/mol. The van der Waals surface area contributed by atoms with Gasteiger partial charge in [-0.25, -0.2) is 0 Å². The van der Waals surface area contributed by atoms with Crippen molar-refractivity contribution in [2.24, 2.45) is 5.92 Å². The SMILES string of the molecule is CCCNC(=O)C1CN(C(=O)c2ccc3c(c2)OCO3)CC1c1cccc(OC)c1. The van der Waals surface area contributed by atoms with Crippen LogP contribution in [0.4, 0.5) is 0 Å². The summed E-state index contributed by atoms with van der Waals surface area (Å²) in [6.45, 7) is 3.63. The third-order valence-electron chi connectivity index (χ3n) is 5.63. The number of carbonyl (C=O) groups is 2. The van der Waals surface area contributed by atoms with E-state index >= 15 is 0 Å². The van der Waals surface area contributed by atoms with Gasteiger partial charge in [0.1, 0.15) is 5.75 Å². The number of fused-ring (bicyclic) bond motifs is 1. The molecule has 2 heterocycles. The molecule has 0 bridgehead atoms. The van der Waals surface area contributed by atoms with Gasteiger partial charge in [0, 0.05) is 31.1 Å². The van der Waals surface area contributed by atoms with Gasteiger partial charge in [-0.2, -0.15) is 0 Å². The minimum absolute atomic E-state index is 0.0225. The first-order valence-corrected chi connectivity index (χ1v) is 10.2. The highest BCUT2D eigenvalue weighted by Gasteiger charge is 2.40. The van der Waals surface area contributed by atoms with Crippen molar-refractivity contribution in [2.45, 2.75) is 19.3 Å². The number of nitrogens with zero attached hydrogens (tertiary/aromatic N) is 1. The van der Waals surface area contributed by atoms with Crippen molar-refractivity contribution >= 4 is 11.8 Å². The molecule has 30 heavy (non-hydrogen) atoms. The second-order valence-corrected chi connectivity index (χ2v) is 7.56. The molecule has 2 aromatic rings. The molecule has 2 amide bonds. The fourth-order valence-electron chi connectivity index (χ4n) is 4.04. The summed E-state index contributed by atoms with van der Waals surface area (Å²) in [7, 11) is 1.62. The maximum Gasteiger partial charge on any atom is 0.254 e. The first-order valence-electron chi connectivity index (χ1n) is 10.2. The van der Waals surface area contributed by atoms with Gasteiger partial charge in [-0.15, -0.1) is 0 Å². The summed E-state index contributed by atoms with van der Waals surface area (Å²) < 4.78 is 16.1. The van der Waals surface area contributed by atoms with Crippen molar-refractivity contribution in [1.82, 2.24) is 10.2 Å². The third-order valence-corrected chi connectivity index (χ3v) is 5.63. The van der Waals surface area contributed by atoms with Crippen LogP contribution in [0.3, 0.4) is 0 Å². The zero-order chi connectivity index (χ0) is 21.1. The van der Waals surface area contributed by atoms with Crippen LogP contribution in [-0.4, -0.2) is 50.3 Å². The maximum absolute atomic E-state index is 13.2. The molecule has 4 rings (SSSR count). The molecule has 0 aliphatic carbocycles. The van der Waals surface area contributed by atoms with Crippen molar-refractivity contribution in [3.63, 3.8) is 0 Å². The first kappa shape index (κ1) is 20.1. The lowest BCUT2D eigenvalue weighted by molar-refractivity contribution is -0.124. The summed E-state index contributed by atoms with van der Waals surface area (Å²) in [4.78, 5) is 27.8. The van der Waals surface area contributed by atoms with Gasteiger partial charge in [0.15, 0.2) is 11.5 Å². The first-order chi connectivity index (χ1) is 14.6. The Balaban J connectivity index is 1.59. The van der Waals surface area contributed by atoms with Gasteiger partial charge in [-0.1, -0.05) is 19.1 Å². The number of benzene rings is 2. The Kier molecular flexibility index (Phi) is 5.79. The van der Waals surface area contributed by atoms with Gasteiger partial charge >= 0.3 is 0 Å². The van der Waals surface area contributed by atoms with Crippen LogP contribution in [0.1, 0.15) is 35.2 Å². The van der Waals surface area contributed by atoms with Crippen LogP contribution in [-0.2, 0) is 4.79 Å². The minimum Gasteiger partial charge on any atom is -0.497 e. The lowest BCUT2D eigenvalue weighted by Gasteiger charge is -2.18. The molecule has 2 aliphatic heterocycles. The molecule has 0 saturated carbocycles. The second kappa shape index (κ2) is 8.65. The van der Waals surface area contributed by atoms with E-state index < -0.39 is 0 Å². The Morgan fingerprint density at radius 1 is 1.13 bits per heavy atom. The van der Waals surface area contributed by atoms with Crippen LogP contribution in [0, 0.1) is 5.92 Å². The van der Waals surface area contributed by atoms with Gasteiger partial charge < -0.3 is 24.4 Å². The largest absolute Gasteiger partial charge is 0.497 e. The van der Waals surface area contributed by atoms with Crippen molar-refractivity contribution in [1.29, 1.82) is 0 Å². The Morgan fingerprint density at radius 2 is 1.97 bits per heavy atom. The average molecular weight is 410 g/mol. The molecule has 1 fully saturated rings. The van der Waals surface area contributed by atoms with E-state index in [2.05, 4.69) is 5.32 Å². The van der Waals surface area contributed by atoms with Crippen LogP contribution in [0.5, 0.6) is 17.2 Å². The highest BCUT2D eigenvalue weighted by atomic mass is 16.7. The number of carbonyl (C=O) groups excluding carboxylic acids is 2. The topological polar surface area (TPSA) is 77.1 Å². The molecule has 7 heteroatoms. The highest BCUT2D eigenvalue weighted by Crippen LogP contribution is 2.37. The monoisotopic (exact) mass is 410 g/mol. The Hall–Kier alpha value is -3.22. The molecular formula is C23H26N2O5. The van der Waals surface area contributed by atoms with Crippen molar-refractivity contribution in [3.05, 3.63) is 53.6 Å². The molecule has 0 aromatic heterocycles. The van der Waals surface area contributed by atoms with Gasteiger partial charge in [0.05, 0.1) is 13.0 Å². The van der Waals surface area contributed by atoms with Crippen LogP contribution >= 0.6 is 0 Å². The fourth-order valence-corrected chi connectivity index (χ4v) is 4.04. The van der Waals surface area contributed by atoms with Gasteiger partial charge in [-0.3, -0.25) is 9.59 Å². The zero-order valence-electron chi connectivity index (χ0n) is 17.2. The van der Waals surface area contributed by atoms with Gasteiger partial charge in [0.2, 0.25) is 12.7 Å². The summed E-state index contributed by atoms with van der Waals surface area (Å²) in [6, 6.07) is 12.9. The maximum atomic E-state index is 13.2. The van der Waals surface area contributed by atoms with E-state index in [0.717, 1.165) is 17.7 Å². The molecule has 1 saturated heterocycles. The Morgan fingerprint density at radius 3 is 2.77 bits per heavy atom. The number of amides is 2. The van der Waals surface area contributed by atoms with Gasteiger partial charge in [0.25, 0.3) is 5.91 Å². The number of hydrogen-bond acceptors (Lipinski definition) is 5. The highest BCUT2D eigenvalue weighted by molar-refractivity contribution is 5.96. The molecule has 2 unspecified atom stereocenters. The van der Waals surface area contributed by atoms with Crippen LogP contribution in [0.2, 0.25) is 0 Å². The quantitative estimate of drug-likeness (QED) is 0.793. The van der Waals surface area contributed by atoms with E-state index in [1.165, 1.54) is 0 Å². The van der Waals surface area contributed by atoms with E-state index in [9.17, 15) is 9.59 Å². The second-order valence-electron chi connectivity index (χ2n) is 7.56. The van der Waals surface area contributed by atoms with Crippen LogP contribution < -0.4 is 19.5 Å². The minimum atomic E-state index is -0.318. The average Bonchev–Trinajstić information content (AvgIpc) is 3.43. The zero-order valence-corrected chi connectivity index (χ0v) is 17.2. The number of likely N-dealkylation sites (tertiary alicyclic amines) is 1. The van der Waals surface area contributed by atoms with Gasteiger partial charge in [-0.05, 0) is 42.3 Å². The number of hydrogen-bond donors (Lipinski definition) is 1. The lowest BCUT2D eigenvalue weighted by atomic mass is 9.88. The predicted molar refractivity (Wildman–Crippen MR) is 111 cm³/mol. The fraction of sp³-hybridized carbons (Fsp3) is 0.391. The van der Waals surface area contributed by atoms with E-state index in [1.807, 2.05) is 31.2 Å². The third kappa shape index (κ3) is 3.92. The normalized spacial score (nSPS) is 19.6. The summed E-state index contributed by atoms with van der Waals surface area (Å²) in [5, 5.41) is 2.99. The Labute approximate surface area is 175 Å². The van der Waals surface area contributed by atoms with Crippen molar-refractivity contribution in [2.75, 3.05) is 33.5 Å². The smallest absolute Gasteiger partial charge is 0.254 e. The van der Waals surface area contributed by atoms with E-state index in [1.54, 1.807) is 30.2 Å². The number of methoxy groups -OCH3 is 1. The molecule has 2 aliphatic rings. The lowest BCUT2D eigenvalue weighted by Crippen LogP contribution is -2.36. The van der Waals surface area contributed by atoms with Crippen molar-refractivity contribution in [3.8, 4) is 17.2 Å². The Bertz CT molecular complexity index is 945. The molecule has 1 N–H and O–H groups in total.